The Morgan fingerprint density at radius 3 is 2.70 bits per heavy atom. The van der Waals surface area contributed by atoms with E-state index in [-0.39, 0.29) is 12.5 Å². The van der Waals surface area contributed by atoms with Crippen molar-refractivity contribution in [3.63, 3.8) is 0 Å². The van der Waals surface area contributed by atoms with Crippen LogP contribution in [0.4, 0.5) is 0 Å². The molecule has 23 heavy (non-hydrogen) atoms. The third kappa shape index (κ3) is 4.02. The minimum absolute atomic E-state index is 0.168. The maximum Gasteiger partial charge on any atom is 0.287 e. The molecule has 4 nitrogen and oxygen atoms in total. The van der Waals surface area contributed by atoms with E-state index in [0.29, 0.717) is 29.9 Å². The predicted octanol–water partition coefficient (Wildman–Crippen LogP) is 3.48. The van der Waals surface area contributed by atoms with E-state index in [0.717, 1.165) is 31.2 Å². The number of furan rings is 1. The molecule has 0 aliphatic heterocycles. The fraction of sp³-hybridized carbons (Fsp3) is 0.421. The molecule has 122 valence electrons. The first-order valence-electron chi connectivity index (χ1n) is 8.30. The van der Waals surface area contributed by atoms with Crippen molar-refractivity contribution < 1.29 is 14.3 Å². The number of benzene rings is 1. The summed E-state index contributed by atoms with van der Waals surface area (Å²) in [5.74, 6) is 1.72. The van der Waals surface area contributed by atoms with E-state index < -0.39 is 0 Å². The van der Waals surface area contributed by atoms with E-state index in [2.05, 4.69) is 5.32 Å². The Morgan fingerprint density at radius 1 is 1.13 bits per heavy atom. The van der Waals surface area contributed by atoms with Crippen LogP contribution in [0.2, 0.25) is 0 Å². The Labute approximate surface area is 136 Å². The molecule has 1 aliphatic carbocycles. The molecule has 2 aromatic rings. The maximum absolute atomic E-state index is 12.2. The van der Waals surface area contributed by atoms with Gasteiger partial charge < -0.3 is 14.8 Å². The number of nitrogens with one attached hydrogen (secondary N) is 1. The minimum Gasteiger partial charge on any atom is -0.451 e. The molecule has 0 unspecified atom stereocenters. The highest BCUT2D eigenvalue weighted by molar-refractivity contribution is 5.92. The fourth-order valence-corrected chi connectivity index (χ4v) is 3.30. The monoisotopic (exact) mass is 313 g/mol. The molecule has 0 radical (unpaired) electrons. The van der Waals surface area contributed by atoms with E-state index in [4.69, 9.17) is 4.42 Å². The first-order chi connectivity index (χ1) is 11.3. The van der Waals surface area contributed by atoms with Gasteiger partial charge in [0.2, 0.25) is 0 Å². The number of carbonyl (C=O) groups excluding carboxylic acids is 1. The van der Waals surface area contributed by atoms with E-state index in [1.54, 1.807) is 6.07 Å². The Hall–Kier alpha value is -2.07. The van der Waals surface area contributed by atoms with Crippen LogP contribution in [0.5, 0.6) is 0 Å². The van der Waals surface area contributed by atoms with Crippen LogP contribution in [0.15, 0.2) is 46.9 Å². The van der Waals surface area contributed by atoms with Gasteiger partial charge >= 0.3 is 0 Å². The van der Waals surface area contributed by atoms with E-state index in [1.165, 1.54) is 0 Å². The second-order valence-corrected chi connectivity index (χ2v) is 6.32. The van der Waals surface area contributed by atoms with Crippen LogP contribution < -0.4 is 5.32 Å². The van der Waals surface area contributed by atoms with Crippen molar-refractivity contribution >= 4 is 5.91 Å². The highest BCUT2D eigenvalue weighted by Gasteiger charge is 2.22. The third-order valence-corrected chi connectivity index (χ3v) is 4.59. The Morgan fingerprint density at radius 2 is 1.91 bits per heavy atom. The van der Waals surface area contributed by atoms with Crippen LogP contribution in [0.3, 0.4) is 0 Å². The van der Waals surface area contributed by atoms with Gasteiger partial charge in [-0.25, -0.2) is 0 Å². The second kappa shape index (κ2) is 7.47. The van der Waals surface area contributed by atoms with Crippen LogP contribution in [0.1, 0.15) is 36.2 Å². The third-order valence-electron chi connectivity index (χ3n) is 4.59. The van der Waals surface area contributed by atoms with Crippen LogP contribution in [0.25, 0.3) is 11.3 Å². The highest BCUT2D eigenvalue weighted by Crippen LogP contribution is 2.28. The van der Waals surface area contributed by atoms with E-state index in [1.807, 2.05) is 36.4 Å². The van der Waals surface area contributed by atoms with Crippen molar-refractivity contribution in [2.75, 3.05) is 13.2 Å². The average Bonchev–Trinajstić information content (AvgIpc) is 3.11. The lowest BCUT2D eigenvalue weighted by atomic mass is 9.82. The lowest BCUT2D eigenvalue weighted by molar-refractivity contribution is 0.0907. The van der Waals surface area contributed by atoms with Gasteiger partial charge in [-0.15, -0.1) is 0 Å². The highest BCUT2D eigenvalue weighted by atomic mass is 16.3. The molecule has 1 aliphatic rings. The van der Waals surface area contributed by atoms with Crippen LogP contribution in [0, 0.1) is 11.8 Å². The summed E-state index contributed by atoms with van der Waals surface area (Å²) in [7, 11) is 0. The van der Waals surface area contributed by atoms with Crippen LogP contribution in [-0.4, -0.2) is 24.2 Å². The van der Waals surface area contributed by atoms with Gasteiger partial charge in [-0.1, -0.05) is 36.8 Å². The number of hydrogen-bond donors (Lipinski definition) is 2. The van der Waals surface area contributed by atoms with Crippen molar-refractivity contribution in [1.82, 2.24) is 5.32 Å². The molecule has 1 amide bonds. The number of hydrogen-bond acceptors (Lipinski definition) is 3. The van der Waals surface area contributed by atoms with Gasteiger partial charge in [-0.2, -0.15) is 0 Å². The molecule has 3 rings (SSSR count). The first-order valence-corrected chi connectivity index (χ1v) is 8.30. The molecule has 1 aromatic heterocycles. The van der Waals surface area contributed by atoms with Gasteiger partial charge in [0.1, 0.15) is 5.76 Å². The molecule has 2 N–H and O–H groups in total. The smallest absolute Gasteiger partial charge is 0.287 e. The summed E-state index contributed by atoms with van der Waals surface area (Å²) in [6.07, 6.45) is 4.33. The quantitative estimate of drug-likeness (QED) is 0.888. The predicted molar refractivity (Wildman–Crippen MR) is 89.0 cm³/mol. The van der Waals surface area contributed by atoms with Gasteiger partial charge in [0.25, 0.3) is 5.91 Å². The summed E-state index contributed by atoms with van der Waals surface area (Å²) >= 11 is 0. The topological polar surface area (TPSA) is 62.5 Å². The van der Waals surface area contributed by atoms with E-state index in [9.17, 15) is 9.90 Å². The van der Waals surface area contributed by atoms with Crippen molar-refractivity contribution in [2.24, 2.45) is 11.8 Å². The molecule has 2 atom stereocenters. The molecule has 1 saturated carbocycles. The van der Waals surface area contributed by atoms with Crippen molar-refractivity contribution in [3.05, 3.63) is 48.2 Å². The fourth-order valence-electron chi connectivity index (χ4n) is 3.30. The molecule has 0 saturated heterocycles. The number of rotatable bonds is 5. The standard InChI is InChI=1S/C19H23NO3/c21-13-15-6-4-5-14(11-15)12-20-19(22)18-10-9-17(23-18)16-7-2-1-3-8-16/h1-3,7-10,14-15,21H,4-6,11-13H2,(H,20,22)/t14-,15+/m0/s1. The zero-order valence-corrected chi connectivity index (χ0v) is 13.2. The Kier molecular flexibility index (Phi) is 5.13. The summed E-state index contributed by atoms with van der Waals surface area (Å²) in [5.41, 5.74) is 0.963. The summed E-state index contributed by atoms with van der Waals surface area (Å²) in [6, 6.07) is 13.3. The van der Waals surface area contributed by atoms with Crippen LogP contribution in [-0.2, 0) is 0 Å². The van der Waals surface area contributed by atoms with E-state index >= 15 is 0 Å². The number of carbonyl (C=O) groups is 1. The molecule has 1 heterocycles. The lowest BCUT2D eigenvalue weighted by Gasteiger charge is -2.27. The molecular formula is C19H23NO3. The van der Waals surface area contributed by atoms with Gasteiger partial charge in [-0.3, -0.25) is 4.79 Å². The van der Waals surface area contributed by atoms with Gasteiger partial charge in [0, 0.05) is 18.7 Å². The molecule has 4 heteroatoms. The van der Waals surface area contributed by atoms with Gasteiger partial charge in [-0.05, 0) is 43.2 Å². The summed E-state index contributed by atoms with van der Waals surface area (Å²) in [6.45, 7) is 0.903. The Balaban J connectivity index is 1.56. The normalized spacial score (nSPS) is 21.1. The molecule has 0 spiro atoms. The zero-order chi connectivity index (χ0) is 16.1. The van der Waals surface area contributed by atoms with Crippen molar-refractivity contribution in [3.8, 4) is 11.3 Å². The average molecular weight is 313 g/mol. The molecule has 1 fully saturated rings. The Bertz CT molecular complexity index is 635. The van der Waals surface area contributed by atoms with Gasteiger partial charge in [0.05, 0.1) is 0 Å². The SMILES string of the molecule is O=C(NC[C@H]1CCC[C@@H](CO)C1)c1ccc(-c2ccccc2)o1. The van der Waals surface area contributed by atoms with Crippen LogP contribution >= 0.6 is 0 Å². The minimum atomic E-state index is -0.168. The molecular weight excluding hydrogens is 290 g/mol. The number of aliphatic hydroxyl groups is 1. The van der Waals surface area contributed by atoms with Gasteiger partial charge in [0.15, 0.2) is 5.76 Å². The van der Waals surface area contributed by atoms with Crippen molar-refractivity contribution in [1.29, 1.82) is 0 Å². The second-order valence-electron chi connectivity index (χ2n) is 6.32. The summed E-state index contributed by atoms with van der Waals surface area (Å²) < 4.78 is 5.66. The lowest BCUT2D eigenvalue weighted by Crippen LogP contribution is -2.32. The molecule has 0 bridgehead atoms. The first kappa shape index (κ1) is 15.8. The summed E-state index contributed by atoms with van der Waals surface area (Å²) in [4.78, 5) is 12.2. The number of amides is 1. The largest absolute Gasteiger partial charge is 0.451 e. The maximum atomic E-state index is 12.2. The zero-order valence-electron chi connectivity index (χ0n) is 13.2. The van der Waals surface area contributed by atoms with Crippen molar-refractivity contribution in [2.45, 2.75) is 25.7 Å². The summed E-state index contributed by atoms with van der Waals surface area (Å²) in [5, 5.41) is 12.2. The number of aliphatic hydroxyl groups excluding tert-OH is 1. The molecule has 1 aromatic carbocycles.